The van der Waals surface area contributed by atoms with Gasteiger partial charge in [-0.1, -0.05) is 4.79 Å². The maximum Gasteiger partial charge on any atom is 0.494 e. The molecule has 14 heteroatoms. The molecule has 0 aliphatic rings. The van der Waals surface area contributed by atoms with Gasteiger partial charge in [-0.3, -0.25) is 0 Å². The summed E-state index contributed by atoms with van der Waals surface area (Å²) in [7, 11) is 0. The summed E-state index contributed by atoms with van der Waals surface area (Å²) in [6.07, 6.45) is 0. The Morgan fingerprint density at radius 3 is 2.00 bits per heavy atom. The largest absolute Gasteiger partial charge is 0.494 e. The van der Waals surface area contributed by atoms with Crippen LogP contribution in [-0.2, 0) is 0 Å². The van der Waals surface area contributed by atoms with Crippen molar-refractivity contribution in [1.29, 1.82) is 0 Å². The van der Waals surface area contributed by atoms with E-state index in [1.54, 1.807) is 0 Å². The molecular weight excluding hydrogens is 254 g/mol. The van der Waals surface area contributed by atoms with Crippen LogP contribution in [0.25, 0.3) is 11.6 Å². The van der Waals surface area contributed by atoms with Crippen LogP contribution in [0.5, 0.6) is 0 Å². The van der Waals surface area contributed by atoms with Gasteiger partial charge in [-0.25, -0.2) is 0 Å². The van der Waals surface area contributed by atoms with E-state index in [9.17, 15) is 25.4 Å². The molecule has 0 aliphatic heterocycles. The first-order valence-electron chi connectivity index (χ1n) is 4.07. The number of hydrogen-bond donors (Lipinski definition) is 2. The standard InChI is InChI=1S/C4H3N9O5/c5-10-1(6-3(8-10)12(15)16)2-7-4(13(17)18)9-11(2)14/h14H,5H2. The number of nitro groups is 2. The summed E-state index contributed by atoms with van der Waals surface area (Å²) in [4.78, 5) is 26.0. The molecule has 18 heavy (non-hydrogen) atoms. The summed E-state index contributed by atoms with van der Waals surface area (Å²) in [5.41, 5.74) is 0. The molecule has 0 spiro atoms. The van der Waals surface area contributed by atoms with Crippen LogP contribution in [0.15, 0.2) is 0 Å². The highest BCUT2D eigenvalue weighted by atomic mass is 16.6. The van der Waals surface area contributed by atoms with Crippen LogP contribution in [0.2, 0.25) is 0 Å². The van der Waals surface area contributed by atoms with E-state index < -0.39 is 33.4 Å². The number of nitrogen functional groups attached to an aromatic ring is 1. The molecule has 0 aliphatic carbocycles. The van der Waals surface area contributed by atoms with Crippen LogP contribution in [0.4, 0.5) is 11.9 Å². The molecule has 2 heterocycles. The molecule has 2 rings (SSSR count). The second-order valence-electron chi connectivity index (χ2n) is 2.82. The Kier molecular flexibility index (Phi) is 2.24. The fourth-order valence-electron chi connectivity index (χ4n) is 1.05. The number of hydrogen-bond acceptors (Lipinski definition) is 10. The van der Waals surface area contributed by atoms with Crippen molar-refractivity contribution in [3.05, 3.63) is 20.2 Å². The Labute approximate surface area is 95.5 Å². The lowest BCUT2D eigenvalue weighted by molar-refractivity contribution is -0.394. The van der Waals surface area contributed by atoms with E-state index in [1.807, 2.05) is 0 Å². The molecule has 3 N–H and O–H groups in total. The lowest BCUT2D eigenvalue weighted by Gasteiger charge is -1.85. The third-order valence-electron chi connectivity index (χ3n) is 1.73. The summed E-state index contributed by atoms with van der Waals surface area (Å²) in [6.45, 7) is 0. The average molecular weight is 257 g/mol. The predicted octanol–water partition coefficient (Wildman–Crippen LogP) is -1.70. The van der Waals surface area contributed by atoms with E-state index >= 15 is 0 Å². The lowest BCUT2D eigenvalue weighted by atomic mass is 10.6. The van der Waals surface area contributed by atoms with E-state index in [4.69, 9.17) is 5.84 Å². The van der Waals surface area contributed by atoms with Gasteiger partial charge in [0.1, 0.15) is 0 Å². The number of aromatic nitrogens is 6. The molecule has 0 fully saturated rings. The Hall–Kier alpha value is -3.32. The minimum absolute atomic E-state index is 0.0230. The Balaban J connectivity index is 2.54. The fourth-order valence-corrected chi connectivity index (χ4v) is 1.05. The molecule has 0 bridgehead atoms. The average Bonchev–Trinajstić information content (AvgIpc) is 2.82. The van der Waals surface area contributed by atoms with Crippen LogP contribution >= 0.6 is 0 Å². The third-order valence-corrected chi connectivity index (χ3v) is 1.73. The minimum atomic E-state index is -0.970. The van der Waals surface area contributed by atoms with Crippen molar-refractivity contribution in [2.75, 3.05) is 5.84 Å². The fraction of sp³-hybridized carbons (Fsp3) is 0. The maximum absolute atomic E-state index is 10.4. The molecule has 0 radical (unpaired) electrons. The van der Waals surface area contributed by atoms with E-state index in [0.717, 1.165) is 0 Å². The lowest BCUT2D eigenvalue weighted by Crippen LogP contribution is -2.14. The van der Waals surface area contributed by atoms with Crippen LogP contribution < -0.4 is 5.84 Å². The van der Waals surface area contributed by atoms with Gasteiger partial charge in [-0.15, -0.1) is 0 Å². The number of nitrogens with two attached hydrogens (primary N) is 1. The zero-order valence-electron chi connectivity index (χ0n) is 8.24. The SMILES string of the molecule is Nn1nc([N+](=O)[O-])nc1-c1nc([N+](=O)[O-])nn1O. The van der Waals surface area contributed by atoms with Crippen molar-refractivity contribution in [3.63, 3.8) is 0 Å². The zero-order valence-corrected chi connectivity index (χ0v) is 8.24. The summed E-state index contributed by atoms with van der Waals surface area (Å²) in [5.74, 6) is 2.47. The van der Waals surface area contributed by atoms with Gasteiger partial charge in [0.15, 0.2) is 0 Å². The molecule has 0 atom stereocenters. The first-order chi connectivity index (χ1) is 8.40. The first-order valence-corrected chi connectivity index (χ1v) is 4.07. The summed E-state index contributed by atoms with van der Waals surface area (Å²) >= 11 is 0. The van der Waals surface area contributed by atoms with Gasteiger partial charge < -0.3 is 31.3 Å². The van der Waals surface area contributed by atoms with Crippen LogP contribution in [0.1, 0.15) is 0 Å². The molecule has 0 saturated heterocycles. The molecule has 0 aromatic carbocycles. The van der Waals surface area contributed by atoms with E-state index in [0.29, 0.717) is 4.79 Å². The normalized spacial score (nSPS) is 10.4. The number of nitrogens with zero attached hydrogens (tertiary/aromatic N) is 8. The molecule has 0 saturated carbocycles. The van der Waals surface area contributed by atoms with Gasteiger partial charge in [0.2, 0.25) is 0 Å². The predicted molar refractivity (Wildman–Crippen MR) is 49.7 cm³/mol. The summed E-state index contributed by atoms with van der Waals surface area (Å²) in [6, 6.07) is 0. The molecular formula is C4H3N9O5. The van der Waals surface area contributed by atoms with Crippen LogP contribution in [-0.4, -0.2) is 44.9 Å². The van der Waals surface area contributed by atoms with Crippen LogP contribution in [0, 0.1) is 20.2 Å². The van der Waals surface area contributed by atoms with Gasteiger partial charge in [0.25, 0.3) is 0 Å². The Morgan fingerprint density at radius 2 is 1.56 bits per heavy atom. The van der Waals surface area contributed by atoms with Crippen molar-refractivity contribution in [3.8, 4) is 11.6 Å². The van der Waals surface area contributed by atoms with E-state index in [-0.39, 0.29) is 4.85 Å². The monoisotopic (exact) mass is 257 g/mol. The van der Waals surface area contributed by atoms with Gasteiger partial charge in [-0.05, 0) is 19.8 Å². The van der Waals surface area contributed by atoms with Crippen LogP contribution in [0.3, 0.4) is 0 Å². The van der Waals surface area contributed by atoms with Crippen molar-refractivity contribution in [2.45, 2.75) is 0 Å². The Bertz CT molecular complexity index is 585. The molecule has 0 amide bonds. The topological polar surface area (TPSA) is 194 Å². The highest BCUT2D eigenvalue weighted by molar-refractivity contribution is 5.45. The van der Waals surface area contributed by atoms with Crippen molar-refractivity contribution < 1.29 is 15.1 Å². The highest BCUT2D eigenvalue weighted by Crippen LogP contribution is 2.17. The summed E-state index contributed by atoms with van der Waals surface area (Å²) in [5, 5.41) is 36.2. The van der Waals surface area contributed by atoms with Gasteiger partial charge >= 0.3 is 23.5 Å². The van der Waals surface area contributed by atoms with Crippen molar-refractivity contribution >= 4 is 11.9 Å². The van der Waals surface area contributed by atoms with Crippen molar-refractivity contribution in [1.82, 2.24) is 29.8 Å². The Morgan fingerprint density at radius 1 is 1.06 bits per heavy atom. The summed E-state index contributed by atoms with van der Waals surface area (Å²) < 4.78 is 0. The van der Waals surface area contributed by atoms with Crippen molar-refractivity contribution in [2.24, 2.45) is 0 Å². The maximum atomic E-state index is 10.4. The minimum Gasteiger partial charge on any atom is -0.398 e. The molecule has 2 aromatic rings. The van der Waals surface area contributed by atoms with Gasteiger partial charge in [0, 0.05) is 4.85 Å². The molecule has 0 unspecified atom stereocenters. The molecule has 14 nitrogen and oxygen atoms in total. The molecule has 2 aromatic heterocycles. The quantitative estimate of drug-likeness (QED) is 0.277. The highest BCUT2D eigenvalue weighted by Gasteiger charge is 2.32. The first kappa shape index (κ1) is 11.2. The second-order valence-corrected chi connectivity index (χ2v) is 2.82. The third kappa shape index (κ3) is 1.62. The smallest absolute Gasteiger partial charge is 0.398 e. The van der Waals surface area contributed by atoms with E-state index in [1.165, 1.54) is 0 Å². The second kappa shape index (κ2) is 3.61. The number of rotatable bonds is 3. The van der Waals surface area contributed by atoms with Gasteiger partial charge in [0.05, 0.1) is 10.2 Å². The molecule has 94 valence electrons. The van der Waals surface area contributed by atoms with E-state index in [2.05, 4.69) is 20.2 Å². The van der Waals surface area contributed by atoms with Gasteiger partial charge in [-0.2, -0.15) is 0 Å². The zero-order chi connectivity index (χ0) is 13.4.